The van der Waals surface area contributed by atoms with Crippen LogP contribution < -0.4 is 10.8 Å². The molecule has 1 aromatic heterocycles. The molecule has 0 spiro atoms. The van der Waals surface area contributed by atoms with Gasteiger partial charge in [-0.05, 0) is 39.3 Å². The molecule has 1 aliphatic rings. The number of hydrogen-bond donors (Lipinski definition) is 1. The fraction of sp³-hybridized carbons (Fsp3) is 0.389. The lowest BCUT2D eigenvalue weighted by Crippen LogP contribution is -2.41. The molecule has 0 amide bonds. The van der Waals surface area contributed by atoms with E-state index in [1.165, 1.54) is 5.56 Å². The van der Waals surface area contributed by atoms with Gasteiger partial charge in [0.25, 0.3) is 0 Å². The molecule has 120 valence electrons. The van der Waals surface area contributed by atoms with Gasteiger partial charge in [-0.15, -0.1) is 0 Å². The molecule has 1 aromatic carbocycles. The number of rotatable bonds is 4. The van der Waals surface area contributed by atoms with Crippen molar-refractivity contribution in [2.24, 2.45) is 0 Å². The highest BCUT2D eigenvalue weighted by atomic mass is 16.7. The van der Waals surface area contributed by atoms with Gasteiger partial charge in [0.05, 0.1) is 16.9 Å². The van der Waals surface area contributed by atoms with Crippen LogP contribution in [0.5, 0.6) is 0 Å². The van der Waals surface area contributed by atoms with E-state index in [-0.39, 0.29) is 18.3 Å². The van der Waals surface area contributed by atoms with Crippen LogP contribution in [0.3, 0.4) is 0 Å². The summed E-state index contributed by atoms with van der Waals surface area (Å²) >= 11 is 0. The van der Waals surface area contributed by atoms with Gasteiger partial charge in [-0.1, -0.05) is 30.3 Å². The molecule has 0 saturated carbocycles. The smallest absolute Gasteiger partial charge is 0.399 e. The van der Waals surface area contributed by atoms with E-state index < -0.39 is 0 Å². The summed E-state index contributed by atoms with van der Waals surface area (Å²) in [5.74, 6) is 0. The van der Waals surface area contributed by atoms with E-state index in [1.54, 1.807) is 6.20 Å². The largest absolute Gasteiger partial charge is 0.496 e. The number of nitrogens with one attached hydrogen (secondary N) is 1. The Kier molecular flexibility index (Phi) is 4.17. The Labute approximate surface area is 138 Å². The molecule has 5 heteroatoms. The summed E-state index contributed by atoms with van der Waals surface area (Å²) < 4.78 is 12.2. The van der Waals surface area contributed by atoms with Crippen molar-refractivity contribution < 1.29 is 9.31 Å². The van der Waals surface area contributed by atoms with Crippen LogP contribution in [-0.4, -0.2) is 23.3 Å². The maximum Gasteiger partial charge on any atom is 0.496 e. The molecule has 0 aliphatic carbocycles. The van der Waals surface area contributed by atoms with Crippen LogP contribution in [0.25, 0.3) is 0 Å². The van der Waals surface area contributed by atoms with E-state index in [4.69, 9.17) is 9.31 Å². The average Bonchev–Trinajstić information content (AvgIpc) is 2.75. The summed E-state index contributed by atoms with van der Waals surface area (Å²) in [5, 5.41) is 3.39. The third-order valence-electron chi connectivity index (χ3n) is 4.62. The van der Waals surface area contributed by atoms with Crippen molar-refractivity contribution in [2.75, 3.05) is 5.32 Å². The van der Waals surface area contributed by atoms with Crippen LogP contribution in [-0.2, 0) is 15.9 Å². The maximum absolute atomic E-state index is 6.08. The first kappa shape index (κ1) is 16.0. The van der Waals surface area contributed by atoms with Crippen molar-refractivity contribution in [3.8, 4) is 0 Å². The Hall–Kier alpha value is -1.85. The normalized spacial score (nSPS) is 18.9. The zero-order valence-electron chi connectivity index (χ0n) is 14.2. The van der Waals surface area contributed by atoms with Crippen molar-refractivity contribution in [2.45, 2.75) is 45.4 Å². The minimum Gasteiger partial charge on any atom is -0.399 e. The first-order valence-electron chi connectivity index (χ1n) is 7.96. The zero-order chi connectivity index (χ0) is 16.5. The zero-order valence-corrected chi connectivity index (χ0v) is 14.2. The van der Waals surface area contributed by atoms with Gasteiger partial charge in [0.2, 0.25) is 0 Å². The number of benzene rings is 1. The van der Waals surface area contributed by atoms with Crippen molar-refractivity contribution in [3.05, 3.63) is 54.4 Å². The molecule has 2 aromatic rings. The van der Waals surface area contributed by atoms with E-state index in [0.29, 0.717) is 0 Å². The first-order valence-corrected chi connectivity index (χ1v) is 7.96. The van der Waals surface area contributed by atoms with Crippen LogP contribution in [0.1, 0.15) is 33.3 Å². The summed E-state index contributed by atoms with van der Waals surface area (Å²) in [6.07, 6.45) is 3.62. The van der Waals surface area contributed by atoms with E-state index >= 15 is 0 Å². The molecule has 23 heavy (non-hydrogen) atoms. The van der Waals surface area contributed by atoms with Crippen molar-refractivity contribution in [3.63, 3.8) is 0 Å². The van der Waals surface area contributed by atoms with Crippen LogP contribution in [0.4, 0.5) is 5.69 Å². The predicted octanol–water partition coefficient (Wildman–Crippen LogP) is 2.99. The second-order valence-corrected chi connectivity index (χ2v) is 6.93. The minimum atomic E-state index is -0.383. The van der Waals surface area contributed by atoms with Crippen molar-refractivity contribution in [1.82, 2.24) is 4.98 Å². The molecule has 0 radical (unpaired) electrons. The van der Waals surface area contributed by atoms with E-state index in [2.05, 4.69) is 50.1 Å². The van der Waals surface area contributed by atoms with Gasteiger partial charge in [0.1, 0.15) is 0 Å². The van der Waals surface area contributed by atoms with Crippen molar-refractivity contribution >= 4 is 18.3 Å². The molecule has 0 atom stereocenters. The molecule has 1 saturated heterocycles. The van der Waals surface area contributed by atoms with Gasteiger partial charge in [0, 0.05) is 24.4 Å². The lowest BCUT2D eigenvalue weighted by atomic mass is 9.80. The Morgan fingerprint density at radius 1 is 1.00 bits per heavy atom. The molecule has 0 bridgehead atoms. The van der Waals surface area contributed by atoms with Crippen LogP contribution in [0.15, 0.2) is 48.8 Å². The first-order chi connectivity index (χ1) is 10.9. The number of hydrogen-bond acceptors (Lipinski definition) is 4. The van der Waals surface area contributed by atoms with Crippen LogP contribution in [0.2, 0.25) is 0 Å². The molecular weight excluding hydrogens is 287 g/mol. The molecule has 0 unspecified atom stereocenters. The van der Waals surface area contributed by atoms with Gasteiger partial charge in [-0.2, -0.15) is 0 Å². The number of aromatic nitrogens is 1. The van der Waals surface area contributed by atoms with Gasteiger partial charge in [-0.3, -0.25) is 4.98 Å². The third-order valence-corrected chi connectivity index (χ3v) is 4.62. The number of pyridine rings is 1. The highest BCUT2D eigenvalue weighted by molar-refractivity contribution is 6.62. The Morgan fingerprint density at radius 2 is 1.65 bits per heavy atom. The summed E-state index contributed by atoms with van der Waals surface area (Å²) in [7, 11) is -0.383. The van der Waals surface area contributed by atoms with Crippen LogP contribution in [0, 0.1) is 0 Å². The Morgan fingerprint density at radius 3 is 2.30 bits per heavy atom. The molecule has 4 nitrogen and oxygen atoms in total. The van der Waals surface area contributed by atoms with Crippen molar-refractivity contribution in [1.29, 1.82) is 0 Å². The molecule has 1 aliphatic heterocycles. The lowest BCUT2D eigenvalue weighted by molar-refractivity contribution is 0.00578. The summed E-state index contributed by atoms with van der Waals surface area (Å²) in [4.78, 5) is 4.31. The van der Waals surface area contributed by atoms with E-state index in [9.17, 15) is 0 Å². The number of nitrogens with zero attached hydrogens (tertiary/aromatic N) is 1. The second-order valence-electron chi connectivity index (χ2n) is 6.93. The van der Waals surface area contributed by atoms with E-state index in [1.807, 2.05) is 30.5 Å². The van der Waals surface area contributed by atoms with Gasteiger partial charge in [0.15, 0.2) is 0 Å². The average molecular weight is 310 g/mol. The SMILES string of the molecule is CC1(C)OB(c2cncc(NCc3ccccc3)c2)OC1(C)C. The van der Waals surface area contributed by atoms with Gasteiger partial charge in [-0.25, -0.2) is 0 Å². The fourth-order valence-electron chi connectivity index (χ4n) is 2.46. The summed E-state index contributed by atoms with van der Waals surface area (Å²) in [5.41, 5.74) is 2.44. The summed E-state index contributed by atoms with van der Waals surface area (Å²) in [6, 6.07) is 12.3. The van der Waals surface area contributed by atoms with Gasteiger partial charge < -0.3 is 14.6 Å². The molecule has 3 rings (SSSR count). The quantitative estimate of drug-likeness (QED) is 0.882. The molecule has 2 heterocycles. The van der Waals surface area contributed by atoms with Gasteiger partial charge >= 0.3 is 7.12 Å². The Balaban J connectivity index is 1.71. The molecule has 1 N–H and O–H groups in total. The maximum atomic E-state index is 6.08. The fourth-order valence-corrected chi connectivity index (χ4v) is 2.46. The third kappa shape index (κ3) is 3.41. The highest BCUT2D eigenvalue weighted by Gasteiger charge is 2.51. The topological polar surface area (TPSA) is 43.4 Å². The molecule has 1 fully saturated rings. The minimum absolute atomic E-state index is 0.342. The molecular formula is C18H23BN2O2. The monoisotopic (exact) mass is 310 g/mol. The van der Waals surface area contributed by atoms with E-state index in [0.717, 1.165) is 17.7 Å². The van der Waals surface area contributed by atoms with Crippen LogP contribution >= 0.6 is 0 Å². The summed E-state index contributed by atoms with van der Waals surface area (Å²) in [6.45, 7) is 8.97. The highest BCUT2D eigenvalue weighted by Crippen LogP contribution is 2.36. The lowest BCUT2D eigenvalue weighted by Gasteiger charge is -2.32. The second kappa shape index (κ2) is 5.98. The Bertz CT molecular complexity index is 658. The standard InChI is InChI=1S/C18H23BN2O2/c1-17(2)18(3,4)23-19(22-17)15-10-16(13-20-12-15)21-11-14-8-6-5-7-9-14/h5-10,12-13,21H,11H2,1-4H3. The predicted molar refractivity (Wildman–Crippen MR) is 93.7 cm³/mol. The number of anilines is 1.